The first-order chi connectivity index (χ1) is 15.6. The molecule has 4 heterocycles. The van der Waals surface area contributed by atoms with Gasteiger partial charge in [-0.15, -0.1) is 5.10 Å². The Balaban J connectivity index is 1.74. The number of amides is 1. The average molecular weight is 479 g/mol. The van der Waals surface area contributed by atoms with Gasteiger partial charge in [0.1, 0.15) is 11.3 Å². The lowest BCUT2D eigenvalue weighted by atomic mass is 10.2. The summed E-state index contributed by atoms with van der Waals surface area (Å²) in [7, 11) is -3.93. The van der Waals surface area contributed by atoms with Gasteiger partial charge < -0.3 is 5.32 Å². The van der Waals surface area contributed by atoms with Crippen LogP contribution in [0.15, 0.2) is 35.6 Å². The molecule has 4 aromatic heterocycles. The highest BCUT2D eigenvalue weighted by Gasteiger charge is 2.33. The Morgan fingerprint density at radius 1 is 1.24 bits per heavy atom. The molecule has 0 bridgehead atoms. The van der Waals surface area contributed by atoms with Crippen LogP contribution in [0.3, 0.4) is 0 Å². The number of nitrogens with one attached hydrogen (secondary N) is 1. The molecule has 0 atom stereocenters. The van der Waals surface area contributed by atoms with Gasteiger partial charge in [-0.05, 0) is 31.0 Å². The summed E-state index contributed by atoms with van der Waals surface area (Å²) in [5, 5.41) is 10.7. The van der Waals surface area contributed by atoms with Crippen molar-refractivity contribution in [3.63, 3.8) is 0 Å². The van der Waals surface area contributed by atoms with Gasteiger partial charge in [0.2, 0.25) is 0 Å². The maximum absolute atomic E-state index is 13.1. The van der Waals surface area contributed by atoms with Gasteiger partial charge in [0.15, 0.2) is 32.0 Å². The number of fused-ring (bicyclic) bond motifs is 2. The number of halogens is 3. The number of carbonyl (C=O) groups is 1. The second kappa shape index (κ2) is 7.23. The van der Waals surface area contributed by atoms with E-state index in [0.717, 1.165) is 40.2 Å². The lowest BCUT2D eigenvalue weighted by Gasteiger charge is -2.05. The first-order valence-electron chi connectivity index (χ1n) is 9.94. The zero-order chi connectivity index (χ0) is 23.5. The number of pyridine rings is 1. The summed E-state index contributed by atoms with van der Waals surface area (Å²) >= 11 is 0. The molecule has 1 aliphatic carbocycles. The minimum atomic E-state index is -4.58. The maximum atomic E-state index is 13.1. The van der Waals surface area contributed by atoms with Gasteiger partial charge in [0.25, 0.3) is 5.91 Å². The van der Waals surface area contributed by atoms with E-state index >= 15 is 0 Å². The van der Waals surface area contributed by atoms with Gasteiger partial charge in [0, 0.05) is 18.4 Å². The third-order valence-corrected chi connectivity index (χ3v) is 6.83. The van der Waals surface area contributed by atoms with E-state index in [1.165, 1.54) is 19.2 Å². The molecule has 1 aliphatic rings. The lowest BCUT2D eigenvalue weighted by Crippen LogP contribution is -2.27. The Labute approximate surface area is 184 Å². The Morgan fingerprint density at radius 3 is 2.67 bits per heavy atom. The highest BCUT2D eigenvalue weighted by atomic mass is 32.2. The Kier molecular flexibility index (Phi) is 4.67. The quantitative estimate of drug-likeness (QED) is 0.465. The molecule has 33 heavy (non-hydrogen) atoms. The SMILES string of the molecule is CCS(=O)(=O)c1nn2c(C(=O)NC3CC3)ccnc2c1-c1nc2cc(C(F)(F)F)ccn2n1. The second-order valence-corrected chi connectivity index (χ2v) is 9.74. The normalized spacial score (nSPS) is 14.8. The van der Waals surface area contributed by atoms with Crippen LogP contribution < -0.4 is 5.32 Å². The molecule has 0 aromatic carbocycles. The van der Waals surface area contributed by atoms with Crippen molar-refractivity contribution < 1.29 is 26.4 Å². The number of rotatable bonds is 5. The van der Waals surface area contributed by atoms with Crippen LogP contribution in [0.4, 0.5) is 13.2 Å². The Bertz CT molecular complexity index is 1520. The molecule has 1 saturated carbocycles. The van der Waals surface area contributed by atoms with Gasteiger partial charge in [-0.3, -0.25) is 4.79 Å². The van der Waals surface area contributed by atoms with Gasteiger partial charge in [-0.2, -0.15) is 18.3 Å². The summed E-state index contributed by atoms with van der Waals surface area (Å²) in [6, 6.07) is 3.09. The first kappa shape index (κ1) is 21.3. The van der Waals surface area contributed by atoms with Crippen LogP contribution in [-0.4, -0.2) is 55.3 Å². The molecule has 172 valence electrons. The summed E-state index contributed by atoms with van der Waals surface area (Å²) in [5.74, 6) is -0.931. The molecule has 5 rings (SSSR count). The molecule has 4 aromatic rings. The lowest BCUT2D eigenvalue weighted by molar-refractivity contribution is -0.137. The topological polar surface area (TPSA) is 124 Å². The standard InChI is InChI=1S/C19H16F3N7O3S/c1-2-33(31,32)18-14(15-25-13-9-10(19(20,21)22)6-8-28(13)26-15)16-23-7-5-12(29(16)27-18)17(30)24-11-3-4-11/h5-9,11H,2-4H2,1H3,(H,24,30). The third kappa shape index (κ3) is 3.69. The van der Waals surface area contributed by atoms with E-state index < -0.39 is 32.5 Å². The van der Waals surface area contributed by atoms with Crippen molar-refractivity contribution in [2.75, 3.05) is 5.75 Å². The van der Waals surface area contributed by atoms with Crippen molar-refractivity contribution in [3.05, 3.63) is 41.9 Å². The van der Waals surface area contributed by atoms with E-state index in [1.54, 1.807) is 0 Å². The number of hydrogen-bond acceptors (Lipinski definition) is 7. The molecule has 1 N–H and O–H groups in total. The van der Waals surface area contributed by atoms with Crippen LogP contribution in [-0.2, 0) is 16.0 Å². The van der Waals surface area contributed by atoms with Crippen molar-refractivity contribution in [1.82, 2.24) is 34.5 Å². The minimum absolute atomic E-state index is 0.00239. The highest BCUT2D eigenvalue weighted by molar-refractivity contribution is 7.91. The number of alkyl halides is 3. The zero-order valence-corrected chi connectivity index (χ0v) is 17.9. The van der Waals surface area contributed by atoms with Gasteiger partial charge >= 0.3 is 6.18 Å². The van der Waals surface area contributed by atoms with Crippen molar-refractivity contribution in [3.8, 4) is 11.4 Å². The molecule has 1 amide bonds. The molecule has 14 heteroatoms. The smallest absolute Gasteiger partial charge is 0.348 e. The number of carbonyl (C=O) groups excluding carboxylic acids is 1. The van der Waals surface area contributed by atoms with Gasteiger partial charge in [-0.25, -0.2) is 27.4 Å². The summed E-state index contributed by atoms with van der Waals surface area (Å²) in [5.41, 5.74) is -1.09. The van der Waals surface area contributed by atoms with E-state index in [-0.39, 0.29) is 40.2 Å². The Morgan fingerprint density at radius 2 is 2.00 bits per heavy atom. The van der Waals surface area contributed by atoms with E-state index in [9.17, 15) is 26.4 Å². The number of hydrogen-bond donors (Lipinski definition) is 1. The van der Waals surface area contributed by atoms with Crippen LogP contribution in [0.5, 0.6) is 0 Å². The largest absolute Gasteiger partial charge is 0.416 e. The predicted molar refractivity (Wildman–Crippen MR) is 108 cm³/mol. The van der Waals surface area contributed by atoms with Crippen LogP contribution in [0.25, 0.3) is 22.7 Å². The van der Waals surface area contributed by atoms with Crippen LogP contribution in [0, 0.1) is 0 Å². The predicted octanol–water partition coefficient (Wildman–Crippen LogP) is 2.14. The molecular weight excluding hydrogens is 463 g/mol. The van der Waals surface area contributed by atoms with Crippen molar-refractivity contribution >= 4 is 27.0 Å². The van der Waals surface area contributed by atoms with E-state index in [2.05, 4.69) is 25.5 Å². The molecule has 0 spiro atoms. The fourth-order valence-electron chi connectivity index (χ4n) is 3.30. The van der Waals surface area contributed by atoms with E-state index in [1.807, 2.05) is 0 Å². The van der Waals surface area contributed by atoms with E-state index in [4.69, 9.17) is 0 Å². The summed E-state index contributed by atoms with van der Waals surface area (Å²) in [6.07, 6.45) is -0.478. The monoisotopic (exact) mass is 479 g/mol. The molecule has 0 unspecified atom stereocenters. The number of sulfone groups is 1. The summed E-state index contributed by atoms with van der Waals surface area (Å²) in [4.78, 5) is 21.0. The Hall–Kier alpha value is -3.55. The van der Waals surface area contributed by atoms with Gasteiger partial charge in [0.05, 0.1) is 11.3 Å². The second-order valence-electron chi connectivity index (χ2n) is 7.55. The number of nitrogens with zero attached hydrogens (tertiary/aromatic N) is 6. The van der Waals surface area contributed by atoms with Crippen molar-refractivity contribution in [2.24, 2.45) is 0 Å². The molecule has 0 radical (unpaired) electrons. The zero-order valence-electron chi connectivity index (χ0n) is 17.0. The maximum Gasteiger partial charge on any atom is 0.416 e. The fourth-order valence-corrected chi connectivity index (χ4v) is 4.27. The summed E-state index contributed by atoms with van der Waals surface area (Å²) in [6.45, 7) is 1.42. The van der Waals surface area contributed by atoms with Crippen LogP contribution >= 0.6 is 0 Å². The third-order valence-electron chi connectivity index (χ3n) is 5.19. The fraction of sp³-hybridized carbons (Fsp3) is 0.316. The molecule has 10 nitrogen and oxygen atoms in total. The van der Waals surface area contributed by atoms with Crippen molar-refractivity contribution in [2.45, 2.75) is 37.0 Å². The van der Waals surface area contributed by atoms with Crippen LogP contribution in [0.1, 0.15) is 35.8 Å². The van der Waals surface area contributed by atoms with Crippen LogP contribution in [0.2, 0.25) is 0 Å². The van der Waals surface area contributed by atoms with Gasteiger partial charge in [-0.1, -0.05) is 6.92 Å². The van der Waals surface area contributed by atoms with Crippen molar-refractivity contribution in [1.29, 1.82) is 0 Å². The average Bonchev–Trinajstić information content (AvgIpc) is 3.33. The first-order valence-corrected chi connectivity index (χ1v) is 11.6. The number of aromatic nitrogens is 6. The molecule has 0 saturated heterocycles. The molecular formula is C19H16F3N7O3S. The summed E-state index contributed by atoms with van der Waals surface area (Å²) < 4.78 is 67.1. The minimum Gasteiger partial charge on any atom is -0.348 e. The van der Waals surface area contributed by atoms with E-state index in [0.29, 0.717) is 0 Å². The molecule has 0 aliphatic heterocycles. The molecule has 1 fully saturated rings. The highest BCUT2D eigenvalue weighted by Crippen LogP contribution is 2.32.